The van der Waals surface area contributed by atoms with Gasteiger partial charge in [-0.3, -0.25) is 4.79 Å². The fourth-order valence-corrected chi connectivity index (χ4v) is 2.60. The lowest BCUT2D eigenvalue weighted by Crippen LogP contribution is -2.41. The van der Waals surface area contributed by atoms with Crippen molar-refractivity contribution in [1.82, 2.24) is 4.90 Å². The summed E-state index contributed by atoms with van der Waals surface area (Å²) in [6.07, 6.45) is 5.02. The molecule has 0 N–H and O–H groups in total. The average molecular weight is 293 g/mol. The predicted octanol–water partition coefficient (Wildman–Crippen LogP) is 2.67. The highest BCUT2D eigenvalue weighted by molar-refractivity contribution is 5.76. The SMILES string of the molecule is COC(=O)C1C=CC2=C(C1)CN(C(=O)OC(C)(C)C)CC2. The molecule has 116 valence electrons. The number of allylic oxidation sites excluding steroid dienone is 1. The number of carbonyl (C=O) groups is 2. The minimum Gasteiger partial charge on any atom is -0.469 e. The van der Waals surface area contributed by atoms with Gasteiger partial charge in [-0.15, -0.1) is 0 Å². The number of nitrogens with zero attached hydrogens (tertiary/aromatic N) is 1. The molecule has 0 saturated heterocycles. The number of hydrogen-bond donors (Lipinski definition) is 0. The molecule has 1 aliphatic carbocycles. The van der Waals surface area contributed by atoms with Gasteiger partial charge in [0, 0.05) is 13.1 Å². The topological polar surface area (TPSA) is 55.8 Å². The molecule has 0 aromatic carbocycles. The van der Waals surface area contributed by atoms with E-state index in [-0.39, 0.29) is 18.0 Å². The van der Waals surface area contributed by atoms with Crippen LogP contribution in [0.2, 0.25) is 0 Å². The number of ether oxygens (including phenoxy) is 2. The molecule has 0 spiro atoms. The van der Waals surface area contributed by atoms with Gasteiger partial charge in [0.05, 0.1) is 13.0 Å². The molecule has 0 bridgehead atoms. The zero-order valence-corrected chi connectivity index (χ0v) is 13.1. The molecule has 5 heteroatoms. The highest BCUT2D eigenvalue weighted by Crippen LogP contribution is 2.30. The van der Waals surface area contributed by atoms with E-state index in [1.165, 1.54) is 12.7 Å². The molecule has 2 aliphatic rings. The maximum absolute atomic E-state index is 12.1. The third-order valence-corrected chi connectivity index (χ3v) is 3.64. The largest absolute Gasteiger partial charge is 0.469 e. The Hall–Kier alpha value is -1.78. The molecule has 2 rings (SSSR count). The van der Waals surface area contributed by atoms with Gasteiger partial charge in [0.15, 0.2) is 0 Å². The first kappa shape index (κ1) is 15.6. The minimum absolute atomic E-state index is 0.229. The number of amides is 1. The van der Waals surface area contributed by atoms with Crippen LogP contribution in [0.3, 0.4) is 0 Å². The van der Waals surface area contributed by atoms with Crippen LogP contribution >= 0.6 is 0 Å². The lowest BCUT2D eigenvalue weighted by molar-refractivity contribution is -0.143. The predicted molar refractivity (Wildman–Crippen MR) is 78.7 cm³/mol. The van der Waals surface area contributed by atoms with Gasteiger partial charge in [-0.2, -0.15) is 0 Å². The van der Waals surface area contributed by atoms with Gasteiger partial charge >= 0.3 is 12.1 Å². The molecule has 21 heavy (non-hydrogen) atoms. The van der Waals surface area contributed by atoms with Gasteiger partial charge in [-0.05, 0) is 44.8 Å². The first-order valence-corrected chi connectivity index (χ1v) is 7.25. The van der Waals surface area contributed by atoms with Crippen molar-refractivity contribution in [1.29, 1.82) is 0 Å². The lowest BCUT2D eigenvalue weighted by Gasteiger charge is -2.34. The fourth-order valence-electron chi connectivity index (χ4n) is 2.60. The lowest BCUT2D eigenvalue weighted by atomic mass is 9.86. The van der Waals surface area contributed by atoms with E-state index in [2.05, 4.69) is 0 Å². The van der Waals surface area contributed by atoms with Crippen molar-refractivity contribution in [3.8, 4) is 0 Å². The Balaban J connectivity index is 2.03. The Morgan fingerprint density at radius 3 is 2.67 bits per heavy atom. The maximum atomic E-state index is 12.1. The molecule has 0 aromatic heterocycles. The smallest absolute Gasteiger partial charge is 0.410 e. The van der Waals surface area contributed by atoms with Crippen LogP contribution in [0.1, 0.15) is 33.6 Å². The van der Waals surface area contributed by atoms with Crippen LogP contribution in [0.25, 0.3) is 0 Å². The molecule has 0 radical (unpaired) electrons. The van der Waals surface area contributed by atoms with Gasteiger partial charge in [0.25, 0.3) is 0 Å². The van der Waals surface area contributed by atoms with Crippen LogP contribution in [0.5, 0.6) is 0 Å². The third kappa shape index (κ3) is 3.86. The van der Waals surface area contributed by atoms with E-state index in [9.17, 15) is 9.59 Å². The first-order chi connectivity index (χ1) is 9.80. The summed E-state index contributed by atoms with van der Waals surface area (Å²) in [5.41, 5.74) is 1.87. The molecule has 5 nitrogen and oxygen atoms in total. The van der Waals surface area contributed by atoms with E-state index < -0.39 is 5.60 Å². The van der Waals surface area contributed by atoms with Crippen molar-refractivity contribution in [3.05, 3.63) is 23.3 Å². The molecule has 0 saturated carbocycles. The molecule has 0 aromatic rings. The van der Waals surface area contributed by atoms with Crippen molar-refractivity contribution in [3.63, 3.8) is 0 Å². The molecule has 1 atom stereocenters. The zero-order valence-electron chi connectivity index (χ0n) is 13.1. The summed E-state index contributed by atoms with van der Waals surface area (Å²) in [6, 6.07) is 0. The second-order valence-corrected chi connectivity index (χ2v) is 6.47. The Morgan fingerprint density at radius 1 is 1.33 bits per heavy atom. The highest BCUT2D eigenvalue weighted by atomic mass is 16.6. The molecular weight excluding hydrogens is 270 g/mol. The molecule has 1 amide bonds. The summed E-state index contributed by atoms with van der Waals surface area (Å²) in [6.45, 7) is 6.76. The Morgan fingerprint density at radius 2 is 2.05 bits per heavy atom. The van der Waals surface area contributed by atoms with Gasteiger partial charge in [0.2, 0.25) is 0 Å². The maximum Gasteiger partial charge on any atom is 0.410 e. The van der Waals surface area contributed by atoms with Crippen molar-refractivity contribution in [2.75, 3.05) is 20.2 Å². The number of carbonyl (C=O) groups excluding carboxylic acids is 2. The molecule has 0 fully saturated rings. The van der Waals surface area contributed by atoms with Crippen molar-refractivity contribution in [2.24, 2.45) is 5.92 Å². The van der Waals surface area contributed by atoms with E-state index in [1.54, 1.807) is 4.90 Å². The summed E-state index contributed by atoms with van der Waals surface area (Å²) in [5.74, 6) is -0.473. The van der Waals surface area contributed by atoms with Crippen LogP contribution < -0.4 is 0 Å². The van der Waals surface area contributed by atoms with E-state index in [1.807, 2.05) is 32.9 Å². The number of hydrogen-bond acceptors (Lipinski definition) is 4. The van der Waals surface area contributed by atoms with E-state index in [4.69, 9.17) is 9.47 Å². The second-order valence-electron chi connectivity index (χ2n) is 6.47. The minimum atomic E-state index is -0.493. The fraction of sp³-hybridized carbons (Fsp3) is 0.625. The van der Waals surface area contributed by atoms with Crippen molar-refractivity contribution < 1.29 is 19.1 Å². The number of methoxy groups -OCH3 is 1. The van der Waals surface area contributed by atoms with E-state index in [0.717, 1.165) is 12.0 Å². The van der Waals surface area contributed by atoms with Crippen molar-refractivity contribution in [2.45, 2.75) is 39.2 Å². The quantitative estimate of drug-likeness (QED) is 0.697. The zero-order chi connectivity index (χ0) is 15.6. The Kier molecular flexibility index (Phi) is 4.40. The van der Waals surface area contributed by atoms with E-state index in [0.29, 0.717) is 19.5 Å². The Bertz CT molecular complexity index is 499. The normalized spacial score (nSPS) is 21.9. The second kappa shape index (κ2) is 5.92. The van der Waals surface area contributed by atoms with Gasteiger partial charge in [-0.1, -0.05) is 12.2 Å². The van der Waals surface area contributed by atoms with E-state index >= 15 is 0 Å². The highest BCUT2D eigenvalue weighted by Gasteiger charge is 2.30. The first-order valence-electron chi connectivity index (χ1n) is 7.25. The monoisotopic (exact) mass is 293 g/mol. The molecule has 1 aliphatic heterocycles. The van der Waals surface area contributed by atoms with Crippen LogP contribution in [-0.2, 0) is 14.3 Å². The van der Waals surface area contributed by atoms with Gasteiger partial charge < -0.3 is 14.4 Å². The van der Waals surface area contributed by atoms with Crippen LogP contribution in [0.15, 0.2) is 23.3 Å². The van der Waals surface area contributed by atoms with Crippen LogP contribution in [0.4, 0.5) is 4.79 Å². The molecule has 1 heterocycles. The van der Waals surface area contributed by atoms with Crippen LogP contribution in [-0.4, -0.2) is 42.8 Å². The summed E-state index contributed by atoms with van der Waals surface area (Å²) in [4.78, 5) is 25.5. The third-order valence-electron chi connectivity index (χ3n) is 3.64. The Labute approximate surface area is 125 Å². The number of rotatable bonds is 1. The summed E-state index contributed by atoms with van der Waals surface area (Å²) in [7, 11) is 1.40. The van der Waals surface area contributed by atoms with Gasteiger partial charge in [-0.25, -0.2) is 4.79 Å². The molecular formula is C16H23NO4. The van der Waals surface area contributed by atoms with Gasteiger partial charge in [0.1, 0.15) is 5.60 Å². The average Bonchev–Trinajstić information content (AvgIpc) is 2.43. The van der Waals surface area contributed by atoms with Crippen molar-refractivity contribution >= 4 is 12.1 Å². The molecule has 1 unspecified atom stereocenters. The standard InChI is InChI=1S/C16H23NO4/c1-16(2,3)21-15(19)17-8-7-11-5-6-12(14(18)20-4)9-13(11)10-17/h5-6,12H,7-10H2,1-4H3. The number of esters is 1. The summed E-state index contributed by atoms with van der Waals surface area (Å²) in [5, 5.41) is 0. The summed E-state index contributed by atoms with van der Waals surface area (Å²) >= 11 is 0. The summed E-state index contributed by atoms with van der Waals surface area (Å²) < 4.78 is 10.2. The van der Waals surface area contributed by atoms with Crippen LogP contribution in [0, 0.1) is 5.92 Å².